The number of nitrogens with zero attached hydrogens (tertiary/aromatic N) is 1. The normalized spacial score (nSPS) is 15.3. The standard InChI is InChI=1S/C22H13BrN2O5S/c23-14-5-7-15(8-6-14)25-20(27)17(19(26)24-22(25)31)11-16-9-10-18(30-16)12-1-3-13(4-2-12)21(28)29/h1-11H,(H,28,29)(H,24,26,31)/p-1/b17-11-. The third-order valence-electron chi connectivity index (χ3n) is 4.51. The average Bonchev–Trinajstić information content (AvgIpc) is 3.21. The highest BCUT2D eigenvalue weighted by Crippen LogP contribution is 2.26. The van der Waals surface area contributed by atoms with Crippen LogP contribution in [0.1, 0.15) is 16.1 Å². The van der Waals surface area contributed by atoms with Gasteiger partial charge in [0, 0.05) is 10.0 Å². The van der Waals surface area contributed by atoms with E-state index in [1.54, 1.807) is 48.5 Å². The lowest BCUT2D eigenvalue weighted by molar-refractivity contribution is -0.255. The van der Waals surface area contributed by atoms with Gasteiger partial charge in [0.25, 0.3) is 11.8 Å². The molecule has 1 aliphatic rings. The molecule has 2 amide bonds. The Morgan fingerprint density at radius 2 is 1.71 bits per heavy atom. The second kappa shape index (κ2) is 8.29. The molecular weight excluding hydrogens is 484 g/mol. The number of benzene rings is 2. The maximum absolute atomic E-state index is 13.0. The fraction of sp³-hybridized carbons (Fsp3) is 0. The molecule has 0 radical (unpaired) electrons. The van der Waals surface area contributed by atoms with Gasteiger partial charge in [-0.25, -0.2) is 0 Å². The largest absolute Gasteiger partial charge is 0.545 e. The fourth-order valence-corrected chi connectivity index (χ4v) is 3.53. The zero-order valence-electron chi connectivity index (χ0n) is 15.6. The van der Waals surface area contributed by atoms with Crippen molar-refractivity contribution in [2.75, 3.05) is 4.90 Å². The van der Waals surface area contributed by atoms with Crippen molar-refractivity contribution in [3.63, 3.8) is 0 Å². The molecular formula is C22H12BrN2O5S-. The van der Waals surface area contributed by atoms with Crippen LogP contribution in [0.5, 0.6) is 0 Å². The molecule has 1 saturated heterocycles. The molecule has 0 saturated carbocycles. The molecule has 2 heterocycles. The van der Waals surface area contributed by atoms with E-state index >= 15 is 0 Å². The first kappa shape index (κ1) is 20.7. The van der Waals surface area contributed by atoms with Crippen molar-refractivity contribution in [1.29, 1.82) is 0 Å². The van der Waals surface area contributed by atoms with Gasteiger partial charge in [-0.1, -0.05) is 40.2 Å². The highest BCUT2D eigenvalue weighted by molar-refractivity contribution is 9.10. The molecule has 1 N–H and O–H groups in total. The van der Waals surface area contributed by atoms with Crippen LogP contribution in [0.25, 0.3) is 17.4 Å². The number of carbonyl (C=O) groups is 3. The second-order valence-electron chi connectivity index (χ2n) is 6.50. The van der Waals surface area contributed by atoms with E-state index in [-0.39, 0.29) is 22.0 Å². The molecule has 1 aromatic heterocycles. The van der Waals surface area contributed by atoms with Crippen LogP contribution in [-0.2, 0) is 9.59 Å². The SMILES string of the molecule is O=C1NC(=S)N(c2ccc(Br)cc2)C(=O)/C1=C\c1ccc(-c2ccc(C(=O)[O-])cc2)o1. The van der Waals surface area contributed by atoms with E-state index in [4.69, 9.17) is 16.6 Å². The fourth-order valence-electron chi connectivity index (χ4n) is 2.98. The number of carbonyl (C=O) groups excluding carboxylic acids is 3. The van der Waals surface area contributed by atoms with Crippen molar-refractivity contribution >= 4 is 62.8 Å². The Hall–Kier alpha value is -3.56. The average molecular weight is 496 g/mol. The molecule has 1 aliphatic heterocycles. The Bertz CT molecular complexity index is 1250. The topological polar surface area (TPSA) is 103 Å². The lowest BCUT2D eigenvalue weighted by Gasteiger charge is -2.28. The summed E-state index contributed by atoms with van der Waals surface area (Å²) in [5.41, 5.74) is 1.06. The van der Waals surface area contributed by atoms with Gasteiger partial charge in [0.05, 0.1) is 11.7 Å². The Morgan fingerprint density at radius 3 is 2.35 bits per heavy atom. The van der Waals surface area contributed by atoms with Crippen LogP contribution in [0.2, 0.25) is 0 Å². The van der Waals surface area contributed by atoms with Gasteiger partial charge in [-0.15, -0.1) is 0 Å². The summed E-state index contributed by atoms with van der Waals surface area (Å²) in [6.45, 7) is 0. The summed E-state index contributed by atoms with van der Waals surface area (Å²) < 4.78 is 6.56. The third-order valence-corrected chi connectivity index (χ3v) is 5.32. The Balaban J connectivity index is 1.63. The van der Waals surface area contributed by atoms with E-state index in [1.807, 2.05) is 0 Å². The van der Waals surface area contributed by atoms with Crippen LogP contribution >= 0.6 is 28.1 Å². The number of furan rings is 1. The third kappa shape index (κ3) is 4.18. The molecule has 154 valence electrons. The Kier molecular flexibility index (Phi) is 5.53. The number of thiocarbonyl (C=S) groups is 1. The van der Waals surface area contributed by atoms with E-state index in [9.17, 15) is 19.5 Å². The second-order valence-corrected chi connectivity index (χ2v) is 7.80. The smallest absolute Gasteiger partial charge is 0.270 e. The summed E-state index contributed by atoms with van der Waals surface area (Å²) in [6.07, 6.45) is 1.34. The minimum atomic E-state index is -1.27. The quantitative estimate of drug-likeness (QED) is 0.339. The zero-order valence-corrected chi connectivity index (χ0v) is 18.0. The maximum Gasteiger partial charge on any atom is 0.270 e. The Labute approximate surface area is 190 Å². The highest BCUT2D eigenvalue weighted by atomic mass is 79.9. The van der Waals surface area contributed by atoms with Crippen molar-refractivity contribution in [3.8, 4) is 11.3 Å². The minimum Gasteiger partial charge on any atom is -0.545 e. The molecule has 7 nitrogen and oxygen atoms in total. The summed E-state index contributed by atoms with van der Waals surface area (Å²) in [6, 6.07) is 16.1. The summed E-state index contributed by atoms with van der Waals surface area (Å²) in [4.78, 5) is 37.5. The highest BCUT2D eigenvalue weighted by Gasteiger charge is 2.34. The summed E-state index contributed by atoms with van der Waals surface area (Å²) in [5.74, 6) is -1.75. The molecule has 31 heavy (non-hydrogen) atoms. The number of halogens is 1. The lowest BCUT2D eigenvalue weighted by atomic mass is 10.1. The maximum atomic E-state index is 13.0. The first-order valence-corrected chi connectivity index (χ1v) is 10.1. The molecule has 0 aliphatic carbocycles. The zero-order chi connectivity index (χ0) is 22.1. The van der Waals surface area contributed by atoms with Gasteiger partial charge in [-0.05, 0) is 60.3 Å². The molecule has 0 unspecified atom stereocenters. The van der Waals surface area contributed by atoms with Crippen molar-refractivity contribution in [1.82, 2.24) is 5.32 Å². The monoisotopic (exact) mass is 495 g/mol. The first-order valence-electron chi connectivity index (χ1n) is 8.92. The number of carboxylic acids is 1. The summed E-state index contributed by atoms with van der Waals surface area (Å²) in [7, 11) is 0. The van der Waals surface area contributed by atoms with Crippen LogP contribution in [-0.4, -0.2) is 22.9 Å². The lowest BCUT2D eigenvalue weighted by Crippen LogP contribution is -2.54. The van der Waals surface area contributed by atoms with Crippen molar-refractivity contribution in [2.24, 2.45) is 0 Å². The molecule has 1 fully saturated rings. The minimum absolute atomic E-state index is 0.0115. The summed E-state index contributed by atoms with van der Waals surface area (Å²) >= 11 is 8.51. The van der Waals surface area contributed by atoms with Crippen molar-refractivity contribution < 1.29 is 23.9 Å². The van der Waals surface area contributed by atoms with Crippen LogP contribution in [0.4, 0.5) is 5.69 Å². The van der Waals surface area contributed by atoms with Gasteiger partial charge in [0.2, 0.25) is 0 Å². The van der Waals surface area contributed by atoms with E-state index < -0.39 is 17.8 Å². The molecule has 0 bridgehead atoms. The first-order chi connectivity index (χ1) is 14.8. The molecule has 2 aromatic carbocycles. The number of aromatic carboxylic acids is 1. The number of carboxylic acid groups (broad SMARTS) is 1. The molecule has 3 aromatic rings. The molecule has 4 rings (SSSR count). The molecule has 0 spiro atoms. The van der Waals surface area contributed by atoms with E-state index in [0.29, 0.717) is 17.0 Å². The van der Waals surface area contributed by atoms with Gasteiger partial charge < -0.3 is 14.3 Å². The van der Waals surface area contributed by atoms with Crippen LogP contribution in [0, 0.1) is 0 Å². The number of rotatable bonds is 4. The van der Waals surface area contributed by atoms with Gasteiger partial charge in [0.15, 0.2) is 5.11 Å². The number of amides is 2. The van der Waals surface area contributed by atoms with E-state index in [2.05, 4.69) is 21.2 Å². The van der Waals surface area contributed by atoms with Crippen LogP contribution < -0.4 is 15.3 Å². The van der Waals surface area contributed by atoms with Gasteiger partial charge in [-0.2, -0.15) is 0 Å². The van der Waals surface area contributed by atoms with Crippen molar-refractivity contribution in [2.45, 2.75) is 0 Å². The molecule has 9 heteroatoms. The van der Waals surface area contributed by atoms with E-state index in [0.717, 1.165) is 4.47 Å². The number of nitrogens with one attached hydrogen (secondary N) is 1. The number of hydrogen-bond donors (Lipinski definition) is 1. The predicted octanol–water partition coefficient (Wildman–Crippen LogP) is 2.90. The predicted molar refractivity (Wildman–Crippen MR) is 119 cm³/mol. The van der Waals surface area contributed by atoms with Crippen LogP contribution in [0.3, 0.4) is 0 Å². The number of anilines is 1. The summed E-state index contributed by atoms with van der Waals surface area (Å²) in [5, 5.41) is 13.4. The van der Waals surface area contributed by atoms with Gasteiger partial charge >= 0.3 is 0 Å². The Morgan fingerprint density at radius 1 is 1.03 bits per heavy atom. The number of hydrogen-bond acceptors (Lipinski definition) is 6. The van der Waals surface area contributed by atoms with E-state index in [1.165, 1.54) is 23.1 Å². The van der Waals surface area contributed by atoms with Crippen molar-refractivity contribution in [3.05, 3.63) is 82.0 Å². The van der Waals surface area contributed by atoms with Gasteiger partial charge in [0.1, 0.15) is 17.1 Å². The van der Waals surface area contributed by atoms with Crippen LogP contribution in [0.15, 0.2) is 75.1 Å². The molecule has 0 atom stereocenters. The van der Waals surface area contributed by atoms with Gasteiger partial charge in [-0.3, -0.25) is 19.8 Å².